The highest BCUT2D eigenvalue weighted by molar-refractivity contribution is 5.93. The van der Waals surface area contributed by atoms with Crippen LogP contribution in [-0.2, 0) is 13.6 Å². The molecular weight excluding hydrogens is 344 g/mol. The van der Waals surface area contributed by atoms with Crippen molar-refractivity contribution in [1.82, 2.24) is 29.5 Å². The van der Waals surface area contributed by atoms with Gasteiger partial charge in [0.1, 0.15) is 17.3 Å². The van der Waals surface area contributed by atoms with E-state index in [0.717, 1.165) is 31.0 Å². The first-order valence-electron chi connectivity index (χ1n) is 8.93. The summed E-state index contributed by atoms with van der Waals surface area (Å²) in [5.41, 5.74) is 2.02. The molecule has 3 aromatic rings. The van der Waals surface area contributed by atoms with Gasteiger partial charge in [0.2, 0.25) is 0 Å². The molecule has 1 aliphatic heterocycles. The van der Waals surface area contributed by atoms with Gasteiger partial charge in [0.15, 0.2) is 0 Å². The summed E-state index contributed by atoms with van der Waals surface area (Å²) in [6.07, 6.45) is 3.75. The van der Waals surface area contributed by atoms with Gasteiger partial charge in [-0.2, -0.15) is 5.10 Å². The Kier molecular flexibility index (Phi) is 4.64. The maximum Gasteiger partial charge on any atom is 0.271 e. The predicted molar refractivity (Wildman–Crippen MR) is 100 cm³/mol. The van der Waals surface area contributed by atoms with Crippen LogP contribution < -0.4 is 0 Å². The Bertz CT molecular complexity index is 922. The number of nitrogens with one attached hydrogen (secondary N) is 1. The number of phenolic OH excluding ortho intramolecular Hbond substituents is 1. The Morgan fingerprint density at radius 1 is 1.19 bits per heavy atom. The van der Waals surface area contributed by atoms with Crippen molar-refractivity contribution in [3.8, 4) is 17.0 Å². The summed E-state index contributed by atoms with van der Waals surface area (Å²) < 4.78 is 2.02. The normalized spacial score (nSPS) is 15.2. The van der Waals surface area contributed by atoms with E-state index in [0.29, 0.717) is 24.5 Å². The van der Waals surface area contributed by atoms with Crippen LogP contribution in [-0.4, -0.2) is 66.7 Å². The van der Waals surface area contributed by atoms with Gasteiger partial charge in [-0.15, -0.1) is 0 Å². The maximum absolute atomic E-state index is 12.8. The highest BCUT2D eigenvalue weighted by atomic mass is 16.3. The molecule has 4 rings (SSSR count). The number of aromatic hydroxyl groups is 1. The Morgan fingerprint density at radius 2 is 1.93 bits per heavy atom. The van der Waals surface area contributed by atoms with E-state index in [2.05, 4.69) is 20.1 Å². The summed E-state index contributed by atoms with van der Waals surface area (Å²) in [5.74, 6) is 1.19. The zero-order valence-corrected chi connectivity index (χ0v) is 15.2. The zero-order valence-electron chi connectivity index (χ0n) is 15.2. The molecule has 0 atom stereocenters. The SMILES string of the molecule is Cn1ccnc1CN1CCN(C(=O)c2cc(-c3ccc(O)cc3)n[nH]2)CC1. The minimum absolute atomic E-state index is 0.0378. The van der Waals surface area contributed by atoms with Crippen LogP contribution in [0.4, 0.5) is 0 Å². The average Bonchev–Trinajstić information content (AvgIpc) is 3.32. The first kappa shape index (κ1) is 17.3. The number of hydrogen-bond donors (Lipinski definition) is 2. The number of carbonyl (C=O) groups is 1. The van der Waals surface area contributed by atoms with Crippen molar-refractivity contribution < 1.29 is 9.90 Å². The molecule has 2 aromatic heterocycles. The molecule has 0 bridgehead atoms. The first-order chi connectivity index (χ1) is 13.1. The van der Waals surface area contributed by atoms with E-state index in [-0.39, 0.29) is 11.7 Å². The molecular formula is C19H22N6O2. The third kappa shape index (κ3) is 3.70. The number of amides is 1. The molecule has 0 saturated carbocycles. The second-order valence-corrected chi connectivity index (χ2v) is 6.74. The molecule has 3 heterocycles. The highest BCUT2D eigenvalue weighted by Gasteiger charge is 2.24. The number of benzene rings is 1. The lowest BCUT2D eigenvalue weighted by Gasteiger charge is -2.34. The molecule has 0 aliphatic carbocycles. The quantitative estimate of drug-likeness (QED) is 0.730. The number of phenols is 1. The van der Waals surface area contributed by atoms with Crippen LogP contribution in [0.25, 0.3) is 11.3 Å². The van der Waals surface area contributed by atoms with Crippen LogP contribution in [0.15, 0.2) is 42.7 Å². The molecule has 2 N–H and O–H groups in total. The monoisotopic (exact) mass is 366 g/mol. The number of carbonyl (C=O) groups excluding carboxylic acids is 1. The lowest BCUT2D eigenvalue weighted by atomic mass is 10.1. The smallest absolute Gasteiger partial charge is 0.271 e. The summed E-state index contributed by atoms with van der Waals surface area (Å²) >= 11 is 0. The van der Waals surface area contributed by atoms with E-state index >= 15 is 0 Å². The van der Waals surface area contributed by atoms with Crippen molar-refractivity contribution in [3.63, 3.8) is 0 Å². The van der Waals surface area contributed by atoms with Crippen molar-refractivity contribution in [2.75, 3.05) is 26.2 Å². The minimum atomic E-state index is -0.0378. The Labute approximate surface area is 157 Å². The number of aromatic amines is 1. The standard InChI is InChI=1S/C19H22N6O2/c1-23-7-6-20-18(23)13-24-8-10-25(11-9-24)19(27)17-12-16(21-22-17)14-2-4-15(26)5-3-14/h2-7,12,26H,8-11,13H2,1H3,(H,21,22). The largest absolute Gasteiger partial charge is 0.508 e. The maximum atomic E-state index is 12.8. The zero-order chi connectivity index (χ0) is 18.8. The molecule has 1 aliphatic rings. The van der Waals surface area contributed by atoms with Crippen LogP contribution in [0.1, 0.15) is 16.3 Å². The van der Waals surface area contributed by atoms with Crippen LogP contribution in [0.2, 0.25) is 0 Å². The minimum Gasteiger partial charge on any atom is -0.508 e. The van der Waals surface area contributed by atoms with Gasteiger partial charge in [0.25, 0.3) is 5.91 Å². The predicted octanol–water partition coefficient (Wildman–Crippen LogP) is 1.47. The van der Waals surface area contributed by atoms with Crippen molar-refractivity contribution in [3.05, 3.63) is 54.2 Å². The number of imidazole rings is 1. The Balaban J connectivity index is 1.37. The van der Waals surface area contributed by atoms with Crippen LogP contribution in [0.5, 0.6) is 5.75 Å². The van der Waals surface area contributed by atoms with Gasteiger partial charge < -0.3 is 14.6 Å². The third-order valence-electron chi connectivity index (χ3n) is 4.92. The van der Waals surface area contributed by atoms with Gasteiger partial charge in [0.05, 0.1) is 12.2 Å². The summed E-state index contributed by atoms with van der Waals surface area (Å²) in [6, 6.07) is 8.51. The van der Waals surface area contributed by atoms with Crippen molar-refractivity contribution in [2.24, 2.45) is 7.05 Å². The van der Waals surface area contributed by atoms with Gasteiger partial charge in [-0.25, -0.2) is 4.98 Å². The molecule has 140 valence electrons. The Hall–Kier alpha value is -3.13. The van der Waals surface area contributed by atoms with Gasteiger partial charge >= 0.3 is 0 Å². The summed E-state index contributed by atoms with van der Waals surface area (Å²) in [7, 11) is 1.99. The van der Waals surface area contributed by atoms with Crippen molar-refractivity contribution in [2.45, 2.75) is 6.54 Å². The molecule has 0 unspecified atom stereocenters. The van der Waals surface area contributed by atoms with E-state index in [1.807, 2.05) is 22.7 Å². The molecule has 27 heavy (non-hydrogen) atoms. The van der Waals surface area contributed by atoms with Gasteiger partial charge in [-0.3, -0.25) is 14.8 Å². The van der Waals surface area contributed by atoms with Gasteiger partial charge in [-0.05, 0) is 30.3 Å². The molecule has 8 heteroatoms. The van der Waals surface area contributed by atoms with E-state index in [4.69, 9.17) is 0 Å². The number of hydrogen-bond acceptors (Lipinski definition) is 5. The second kappa shape index (κ2) is 7.24. The van der Waals surface area contributed by atoms with E-state index < -0.39 is 0 Å². The highest BCUT2D eigenvalue weighted by Crippen LogP contribution is 2.21. The molecule has 1 aromatic carbocycles. The topological polar surface area (TPSA) is 90.3 Å². The van der Waals surface area contributed by atoms with E-state index in [9.17, 15) is 9.90 Å². The van der Waals surface area contributed by atoms with Gasteiger partial charge in [-0.1, -0.05) is 0 Å². The van der Waals surface area contributed by atoms with Gasteiger partial charge in [0, 0.05) is 51.2 Å². The lowest BCUT2D eigenvalue weighted by molar-refractivity contribution is 0.0618. The molecule has 0 radical (unpaired) electrons. The molecule has 1 fully saturated rings. The van der Waals surface area contributed by atoms with Crippen molar-refractivity contribution >= 4 is 5.91 Å². The molecule has 0 spiro atoms. The lowest BCUT2D eigenvalue weighted by Crippen LogP contribution is -2.48. The fraction of sp³-hybridized carbons (Fsp3) is 0.316. The van der Waals surface area contributed by atoms with E-state index in [1.54, 1.807) is 36.5 Å². The van der Waals surface area contributed by atoms with Crippen LogP contribution in [0.3, 0.4) is 0 Å². The van der Waals surface area contributed by atoms with Crippen LogP contribution in [0, 0.1) is 0 Å². The number of rotatable bonds is 4. The molecule has 1 saturated heterocycles. The number of aromatic nitrogens is 4. The summed E-state index contributed by atoms with van der Waals surface area (Å²) in [4.78, 5) is 21.3. The number of H-pyrrole nitrogens is 1. The number of piperazine rings is 1. The molecule has 8 nitrogen and oxygen atoms in total. The summed E-state index contributed by atoms with van der Waals surface area (Å²) in [6.45, 7) is 3.78. The fourth-order valence-corrected chi connectivity index (χ4v) is 3.24. The van der Waals surface area contributed by atoms with Crippen molar-refractivity contribution in [1.29, 1.82) is 0 Å². The fourth-order valence-electron chi connectivity index (χ4n) is 3.24. The second-order valence-electron chi connectivity index (χ2n) is 6.74. The van der Waals surface area contributed by atoms with Crippen LogP contribution >= 0.6 is 0 Å². The number of nitrogens with zero attached hydrogens (tertiary/aromatic N) is 5. The molecule has 1 amide bonds. The first-order valence-corrected chi connectivity index (χ1v) is 8.93. The summed E-state index contributed by atoms with van der Waals surface area (Å²) in [5, 5.41) is 16.5. The van der Waals surface area contributed by atoms with E-state index in [1.165, 1.54) is 0 Å². The number of aryl methyl sites for hydroxylation is 1. The third-order valence-corrected chi connectivity index (χ3v) is 4.92. The average molecular weight is 366 g/mol. The Morgan fingerprint density at radius 3 is 2.59 bits per heavy atom.